The van der Waals surface area contributed by atoms with Crippen LogP contribution in [0.2, 0.25) is 0 Å². The number of pyridine rings is 1. The highest BCUT2D eigenvalue weighted by Crippen LogP contribution is 2.26. The number of carbonyl (C=O) groups is 2. The molecule has 0 amide bonds. The number of imidazole rings is 1. The molecule has 2 aromatic heterocycles. The smallest absolute Gasteiger partial charge is 0.342 e. The van der Waals surface area contributed by atoms with Gasteiger partial charge in [0.25, 0.3) is 0 Å². The van der Waals surface area contributed by atoms with Crippen LogP contribution in [0.15, 0.2) is 66.6 Å². The van der Waals surface area contributed by atoms with Gasteiger partial charge in [0.15, 0.2) is 0 Å². The molecule has 0 unspecified atom stereocenters. The molecule has 1 aromatic carbocycles. The molecule has 0 radical (unpaired) electrons. The zero-order chi connectivity index (χ0) is 16.5. The Bertz CT molecular complexity index is 971. The molecule has 5 nitrogen and oxygen atoms in total. The number of fused-ring (bicyclic) bond motifs is 3. The van der Waals surface area contributed by atoms with Crippen LogP contribution in [0.4, 0.5) is 0 Å². The van der Waals surface area contributed by atoms with E-state index in [2.05, 4.69) is 4.98 Å². The van der Waals surface area contributed by atoms with Gasteiger partial charge in [-0.15, -0.1) is 0 Å². The summed E-state index contributed by atoms with van der Waals surface area (Å²) in [6.45, 7) is 0. The van der Waals surface area contributed by atoms with Gasteiger partial charge in [-0.25, -0.2) is 9.78 Å². The Labute approximate surface area is 138 Å². The molecular formula is C19H14N2O3. The van der Waals surface area contributed by atoms with Gasteiger partial charge in [0.2, 0.25) is 5.78 Å². The van der Waals surface area contributed by atoms with E-state index in [4.69, 9.17) is 4.74 Å². The van der Waals surface area contributed by atoms with E-state index in [0.29, 0.717) is 29.7 Å². The lowest BCUT2D eigenvalue weighted by molar-refractivity contribution is 0.0659. The summed E-state index contributed by atoms with van der Waals surface area (Å²) >= 11 is 0. The molecule has 1 aliphatic carbocycles. The fourth-order valence-electron chi connectivity index (χ4n) is 2.86. The average Bonchev–Trinajstić information content (AvgIpc) is 3.01. The van der Waals surface area contributed by atoms with E-state index in [0.717, 1.165) is 11.3 Å². The van der Waals surface area contributed by atoms with Gasteiger partial charge in [-0.2, -0.15) is 0 Å². The third-order valence-corrected chi connectivity index (χ3v) is 4.06. The Morgan fingerprint density at radius 1 is 1.08 bits per heavy atom. The monoisotopic (exact) mass is 318 g/mol. The lowest BCUT2D eigenvalue weighted by Crippen LogP contribution is -2.16. The minimum absolute atomic E-state index is 0.143. The maximum absolute atomic E-state index is 12.7. The lowest BCUT2D eigenvalue weighted by atomic mass is 9.95. The van der Waals surface area contributed by atoms with Crippen LogP contribution in [0.5, 0.6) is 0 Å². The number of esters is 1. The second kappa shape index (κ2) is 5.77. The van der Waals surface area contributed by atoms with Crippen molar-refractivity contribution in [3.05, 3.63) is 83.5 Å². The third-order valence-electron chi connectivity index (χ3n) is 4.06. The second-order valence-corrected chi connectivity index (χ2v) is 5.58. The van der Waals surface area contributed by atoms with Crippen LogP contribution in [0.25, 0.3) is 5.65 Å². The molecule has 118 valence electrons. The van der Waals surface area contributed by atoms with Crippen LogP contribution in [0.1, 0.15) is 33.0 Å². The van der Waals surface area contributed by atoms with Crippen molar-refractivity contribution in [2.24, 2.45) is 0 Å². The van der Waals surface area contributed by atoms with Crippen molar-refractivity contribution in [1.82, 2.24) is 9.38 Å². The molecule has 0 spiro atoms. The number of ether oxygens (including phenoxy) is 1. The normalized spacial score (nSPS) is 15.5. The number of aryl methyl sites for hydroxylation is 1. The SMILES string of the molecule is O=C(O/C=C1\CCc2nc3ccccn3c2C1=O)c1ccccc1. The topological polar surface area (TPSA) is 60.7 Å². The number of nitrogens with zero attached hydrogens (tertiary/aromatic N) is 2. The molecule has 0 N–H and O–H groups in total. The number of hydrogen-bond acceptors (Lipinski definition) is 4. The Hall–Kier alpha value is -3.21. The van der Waals surface area contributed by atoms with Gasteiger partial charge in [0.1, 0.15) is 17.6 Å². The highest BCUT2D eigenvalue weighted by molar-refractivity contribution is 6.10. The number of allylic oxidation sites excluding steroid dienone is 1. The summed E-state index contributed by atoms with van der Waals surface area (Å²) in [5.41, 5.74) is 3.03. The molecule has 1 aliphatic rings. The fraction of sp³-hybridized carbons (Fsp3) is 0.105. The van der Waals surface area contributed by atoms with E-state index in [-0.39, 0.29) is 5.78 Å². The van der Waals surface area contributed by atoms with Crippen LogP contribution in [0, 0.1) is 0 Å². The molecule has 0 atom stereocenters. The number of ketones is 1. The van der Waals surface area contributed by atoms with Gasteiger partial charge in [0, 0.05) is 11.8 Å². The molecule has 2 heterocycles. The highest BCUT2D eigenvalue weighted by atomic mass is 16.5. The number of aromatic nitrogens is 2. The molecule has 5 heteroatoms. The number of benzene rings is 1. The van der Waals surface area contributed by atoms with E-state index in [1.54, 1.807) is 28.7 Å². The molecule has 0 saturated carbocycles. The van der Waals surface area contributed by atoms with Crippen LogP contribution in [0.3, 0.4) is 0 Å². The molecule has 0 aliphatic heterocycles. The summed E-state index contributed by atoms with van der Waals surface area (Å²) in [5, 5.41) is 0. The summed E-state index contributed by atoms with van der Waals surface area (Å²) < 4.78 is 6.97. The number of hydrogen-bond donors (Lipinski definition) is 0. The molecule has 0 saturated heterocycles. The van der Waals surface area contributed by atoms with E-state index >= 15 is 0 Å². The summed E-state index contributed by atoms with van der Waals surface area (Å²) in [4.78, 5) is 29.2. The molecular weight excluding hydrogens is 304 g/mol. The fourth-order valence-corrected chi connectivity index (χ4v) is 2.86. The van der Waals surface area contributed by atoms with Crippen molar-refractivity contribution in [3.63, 3.8) is 0 Å². The van der Waals surface area contributed by atoms with Crippen molar-refractivity contribution in [3.8, 4) is 0 Å². The van der Waals surface area contributed by atoms with Crippen LogP contribution in [-0.2, 0) is 11.2 Å². The Morgan fingerprint density at radius 2 is 1.88 bits per heavy atom. The second-order valence-electron chi connectivity index (χ2n) is 5.58. The van der Waals surface area contributed by atoms with Crippen molar-refractivity contribution >= 4 is 17.4 Å². The molecule has 0 fully saturated rings. The van der Waals surface area contributed by atoms with E-state index < -0.39 is 5.97 Å². The van der Waals surface area contributed by atoms with Gasteiger partial charge in [-0.05, 0) is 37.1 Å². The van der Waals surface area contributed by atoms with Crippen molar-refractivity contribution in [2.75, 3.05) is 0 Å². The largest absolute Gasteiger partial charge is 0.430 e. The average molecular weight is 318 g/mol. The first-order chi connectivity index (χ1) is 11.7. The standard InChI is InChI=1S/C19H14N2O3/c22-18-14(12-24-19(23)13-6-2-1-3-7-13)9-10-15-17(18)21-11-5-4-8-16(21)20-15/h1-8,11-12H,9-10H2/b14-12+. The number of rotatable bonds is 2. The van der Waals surface area contributed by atoms with Crippen LogP contribution < -0.4 is 0 Å². The Kier molecular flexibility index (Phi) is 3.46. The summed E-state index contributed by atoms with van der Waals surface area (Å²) in [5.74, 6) is -0.615. The minimum atomic E-state index is -0.472. The van der Waals surface area contributed by atoms with Crippen LogP contribution in [-0.4, -0.2) is 21.1 Å². The molecule has 0 bridgehead atoms. The van der Waals surface area contributed by atoms with Crippen molar-refractivity contribution in [2.45, 2.75) is 12.8 Å². The number of carbonyl (C=O) groups excluding carboxylic acids is 2. The first kappa shape index (κ1) is 14.4. The number of Topliss-reactive ketones (excluding diaryl/α,β-unsaturated/α-hetero) is 1. The zero-order valence-corrected chi connectivity index (χ0v) is 12.8. The summed E-state index contributed by atoms with van der Waals surface area (Å²) in [6, 6.07) is 14.3. The first-order valence-corrected chi connectivity index (χ1v) is 7.70. The van der Waals surface area contributed by atoms with Gasteiger partial charge in [-0.1, -0.05) is 24.3 Å². The van der Waals surface area contributed by atoms with Gasteiger partial charge in [-0.3, -0.25) is 9.20 Å². The van der Waals surface area contributed by atoms with E-state index in [1.165, 1.54) is 6.26 Å². The molecule has 24 heavy (non-hydrogen) atoms. The first-order valence-electron chi connectivity index (χ1n) is 7.70. The quantitative estimate of drug-likeness (QED) is 0.413. The van der Waals surface area contributed by atoms with E-state index in [9.17, 15) is 9.59 Å². The summed E-state index contributed by atoms with van der Waals surface area (Å²) in [7, 11) is 0. The van der Waals surface area contributed by atoms with Gasteiger partial charge >= 0.3 is 5.97 Å². The van der Waals surface area contributed by atoms with Gasteiger partial charge < -0.3 is 4.74 Å². The third kappa shape index (κ3) is 2.40. The maximum atomic E-state index is 12.7. The summed E-state index contributed by atoms with van der Waals surface area (Å²) in [6.07, 6.45) is 4.26. The van der Waals surface area contributed by atoms with Gasteiger partial charge in [0.05, 0.1) is 11.3 Å². The van der Waals surface area contributed by atoms with Crippen molar-refractivity contribution in [1.29, 1.82) is 0 Å². The van der Waals surface area contributed by atoms with Crippen LogP contribution >= 0.6 is 0 Å². The lowest BCUT2D eigenvalue weighted by Gasteiger charge is -2.13. The minimum Gasteiger partial charge on any atom is -0.430 e. The highest BCUT2D eigenvalue weighted by Gasteiger charge is 2.27. The van der Waals surface area contributed by atoms with E-state index in [1.807, 2.05) is 30.5 Å². The Morgan fingerprint density at radius 3 is 2.71 bits per heavy atom. The molecule has 3 aromatic rings. The van der Waals surface area contributed by atoms with Crippen molar-refractivity contribution < 1.29 is 14.3 Å². The predicted octanol–water partition coefficient (Wildman–Crippen LogP) is 3.20. The maximum Gasteiger partial charge on any atom is 0.342 e. The zero-order valence-electron chi connectivity index (χ0n) is 12.8. The predicted molar refractivity (Wildman–Crippen MR) is 87.8 cm³/mol. The Balaban J connectivity index is 1.62. The molecule has 4 rings (SSSR count).